The Morgan fingerprint density at radius 2 is 2.05 bits per heavy atom. The van der Waals surface area contributed by atoms with Crippen LogP contribution >= 0.6 is 0 Å². The van der Waals surface area contributed by atoms with Crippen LogP contribution in [0.2, 0.25) is 0 Å². The van der Waals surface area contributed by atoms with Gasteiger partial charge in [-0.15, -0.1) is 0 Å². The van der Waals surface area contributed by atoms with Crippen molar-refractivity contribution in [2.75, 3.05) is 0 Å². The highest BCUT2D eigenvalue weighted by atomic mass is 19.4. The minimum absolute atomic E-state index is 0.0404. The normalized spacial score (nSPS) is 11.4. The maximum Gasteiger partial charge on any atom is 0.431 e. The fraction of sp³-hybridized carbons (Fsp3) is 0.167. The van der Waals surface area contributed by atoms with Crippen molar-refractivity contribution < 1.29 is 22.4 Å². The molecule has 0 atom stereocenters. The first-order valence-electron chi connectivity index (χ1n) is 5.69. The smallest absolute Gasteiger partial charge is 0.431 e. The van der Waals surface area contributed by atoms with Crippen LogP contribution in [0.1, 0.15) is 21.8 Å². The summed E-state index contributed by atoms with van der Waals surface area (Å²) in [5, 5.41) is 0. The number of nitrogens with two attached hydrogens (primary N) is 1. The van der Waals surface area contributed by atoms with E-state index in [-0.39, 0.29) is 11.3 Å². The van der Waals surface area contributed by atoms with Crippen LogP contribution in [-0.4, -0.2) is 10.5 Å². The first kappa shape index (κ1) is 14.9. The van der Waals surface area contributed by atoms with Gasteiger partial charge in [0.25, 0.3) is 11.5 Å². The van der Waals surface area contributed by atoms with Crippen molar-refractivity contribution in [3.8, 4) is 0 Å². The molecular weight excluding hydrogens is 291 g/mol. The van der Waals surface area contributed by atoms with Gasteiger partial charge in [0.1, 0.15) is 11.5 Å². The Labute approximate surface area is 115 Å². The number of amides is 1. The molecule has 0 aliphatic rings. The predicted molar refractivity (Wildman–Crippen MR) is 65.2 cm³/mol. The van der Waals surface area contributed by atoms with Crippen molar-refractivity contribution in [2.24, 2.45) is 5.84 Å². The fourth-order valence-electron chi connectivity index (χ4n) is 1.82. The summed E-state index contributed by atoms with van der Waals surface area (Å²) in [4.78, 5) is 23.1. The molecule has 0 fully saturated rings. The first-order valence-corrected chi connectivity index (χ1v) is 5.69. The lowest BCUT2D eigenvalue weighted by Gasteiger charge is -2.14. The van der Waals surface area contributed by atoms with Crippen molar-refractivity contribution in [3.05, 3.63) is 57.9 Å². The molecule has 0 saturated heterocycles. The highest BCUT2D eigenvalue weighted by Crippen LogP contribution is 2.28. The SMILES string of the molecule is NNC(=O)c1ccoc1Cn1c(C(F)(F)F)cccc1=O. The van der Waals surface area contributed by atoms with E-state index >= 15 is 0 Å². The molecule has 3 N–H and O–H groups in total. The third-order valence-corrected chi connectivity index (χ3v) is 2.76. The molecule has 21 heavy (non-hydrogen) atoms. The summed E-state index contributed by atoms with van der Waals surface area (Å²) in [6, 6.07) is 4.02. The molecule has 0 aliphatic heterocycles. The summed E-state index contributed by atoms with van der Waals surface area (Å²) in [5.74, 6) is 4.14. The maximum absolute atomic E-state index is 12.9. The number of nitrogens with one attached hydrogen (secondary N) is 1. The number of pyridine rings is 1. The molecule has 0 spiro atoms. The Hall–Kier alpha value is -2.55. The Bertz CT molecular complexity index is 718. The van der Waals surface area contributed by atoms with E-state index in [1.807, 2.05) is 5.43 Å². The van der Waals surface area contributed by atoms with E-state index in [4.69, 9.17) is 10.3 Å². The van der Waals surface area contributed by atoms with Gasteiger partial charge in [0.15, 0.2) is 0 Å². The lowest BCUT2D eigenvalue weighted by molar-refractivity contribution is -0.144. The number of aromatic nitrogens is 1. The summed E-state index contributed by atoms with van der Waals surface area (Å²) in [7, 11) is 0. The summed E-state index contributed by atoms with van der Waals surface area (Å²) in [6.45, 7) is -0.537. The van der Waals surface area contributed by atoms with Gasteiger partial charge in [0.2, 0.25) is 0 Å². The largest absolute Gasteiger partial charge is 0.467 e. The van der Waals surface area contributed by atoms with Crippen molar-refractivity contribution in [1.29, 1.82) is 0 Å². The van der Waals surface area contributed by atoms with E-state index in [9.17, 15) is 22.8 Å². The monoisotopic (exact) mass is 301 g/mol. The number of alkyl halides is 3. The molecule has 0 aromatic carbocycles. The minimum atomic E-state index is -4.71. The van der Waals surface area contributed by atoms with Crippen LogP contribution in [0.4, 0.5) is 13.2 Å². The van der Waals surface area contributed by atoms with Crippen LogP contribution in [0.15, 0.2) is 39.7 Å². The number of halogens is 3. The molecule has 6 nitrogen and oxygen atoms in total. The van der Waals surface area contributed by atoms with Gasteiger partial charge >= 0.3 is 6.18 Å². The minimum Gasteiger partial charge on any atom is -0.467 e. The van der Waals surface area contributed by atoms with Gasteiger partial charge in [-0.25, -0.2) is 5.84 Å². The van der Waals surface area contributed by atoms with E-state index in [1.165, 1.54) is 6.07 Å². The standard InChI is InChI=1S/C12H10F3N3O3/c13-12(14,15)9-2-1-3-10(19)18(9)6-8-7(4-5-21-8)11(20)17-16/h1-5H,6,16H2,(H,17,20). The van der Waals surface area contributed by atoms with E-state index in [1.54, 1.807) is 0 Å². The molecule has 0 aliphatic carbocycles. The van der Waals surface area contributed by atoms with Gasteiger partial charge in [0.05, 0.1) is 18.4 Å². The third kappa shape index (κ3) is 2.97. The van der Waals surface area contributed by atoms with Gasteiger partial charge in [-0.1, -0.05) is 6.07 Å². The number of carbonyl (C=O) groups is 1. The molecule has 112 valence electrons. The number of hydrazine groups is 1. The molecule has 2 heterocycles. The highest BCUT2D eigenvalue weighted by Gasteiger charge is 2.34. The number of furan rings is 1. The Morgan fingerprint density at radius 1 is 1.33 bits per heavy atom. The Kier molecular flexibility index (Phi) is 3.85. The highest BCUT2D eigenvalue weighted by molar-refractivity contribution is 5.94. The Morgan fingerprint density at radius 3 is 2.67 bits per heavy atom. The van der Waals surface area contributed by atoms with Gasteiger partial charge in [0, 0.05) is 6.07 Å². The quantitative estimate of drug-likeness (QED) is 0.505. The van der Waals surface area contributed by atoms with Crippen LogP contribution in [0, 0.1) is 0 Å². The predicted octanol–water partition coefficient (Wildman–Crippen LogP) is 1.11. The molecule has 0 bridgehead atoms. The van der Waals surface area contributed by atoms with Gasteiger partial charge in [-0.3, -0.25) is 19.6 Å². The van der Waals surface area contributed by atoms with Gasteiger partial charge in [-0.05, 0) is 12.1 Å². The zero-order valence-electron chi connectivity index (χ0n) is 10.5. The zero-order valence-corrected chi connectivity index (χ0v) is 10.5. The molecule has 2 rings (SSSR count). The molecule has 9 heteroatoms. The molecule has 0 saturated carbocycles. The zero-order chi connectivity index (χ0) is 15.6. The summed E-state index contributed by atoms with van der Waals surface area (Å²) >= 11 is 0. The number of rotatable bonds is 3. The number of carbonyl (C=O) groups excluding carboxylic acids is 1. The lowest BCUT2D eigenvalue weighted by Crippen LogP contribution is -2.32. The first-order chi connectivity index (χ1) is 9.84. The van der Waals surface area contributed by atoms with E-state index in [0.29, 0.717) is 4.57 Å². The second-order valence-electron chi connectivity index (χ2n) is 4.06. The van der Waals surface area contributed by atoms with Crippen LogP contribution in [0.3, 0.4) is 0 Å². The van der Waals surface area contributed by atoms with Gasteiger partial charge < -0.3 is 4.42 Å². The number of nitrogen functional groups attached to an aromatic ring is 1. The summed E-state index contributed by atoms with van der Waals surface area (Å²) in [5.41, 5.74) is -0.191. The second kappa shape index (κ2) is 5.44. The second-order valence-corrected chi connectivity index (χ2v) is 4.06. The average molecular weight is 301 g/mol. The third-order valence-electron chi connectivity index (χ3n) is 2.76. The molecule has 0 radical (unpaired) electrons. The Balaban J connectivity index is 2.48. The molecular formula is C12H10F3N3O3. The van der Waals surface area contributed by atoms with Crippen molar-refractivity contribution >= 4 is 5.91 Å². The molecule has 2 aromatic rings. The van der Waals surface area contributed by atoms with E-state index < -0.39 is 29.9 Å². The number of hydrogen-bond acceptors (Lipinski definition) is 4. The maximum atomic E-state index is 12.9. The van der Waals surface area contributed by atoms with Crippen molar-refractivity contribution in [3.63, 3.8) is 0 Å². The van der Waals surface area contributed by atoms with Crippen LogP contribution < -0.4 is 16.8 Å². The van der Waals surface area contributed by atoms with Crippen molar-refractivity contribution in [2.45, 2.75) is 12.7 Å². The topological polar surface area (TPSA) is 90.3 Å². The summed E-state index contributed by atoms with van der Waals surface area (Å²) in [6.07, 6.45) is -3.58. The van der Waals surface area contributed by atoms with Crippen LogP contribution in [-0.2, 0) is 12.7 Å². The van der Waals surface area contributed by atoms with E-state index in [0.717, 1.165) is 24.5 Å². The van der Waals surface area contributed by atoms with Crippen LogP contribution in [0.5, 0.6) is 0 Å². The van der Waals surface area contributed by atoms with E-state index in [2.05, 4.69) is 0 Å². The van der Waals surface area contributed by atoms with Gasteiger partial charge in [-0.2, -0.15) is 13.2 Å². The molecule has 1 amide bonds. The van der Waals surface area contributed by atoms with Crippen molar-refractivity contribution in [1.82, 2.24) is 9.99 Å². The molecule has 0 unspecified atom stereocenters. The summed E-state index contributed by atoms with van der Waals surface area (Å²) < 4.78 is 44.1. The molecule has 2 aromatic heterocycles. The average Bonchev–Trinajstić information content (AvgIpc) is 2.87. The lowest BCUT2D eigenvalue weighted by atomic mass is 10.2. The fourth-order valence-corrected chi connectivity index (χ4v) is 1.82. The number of nitrogens with zero attached hydrogens (tertiary/aromatic N) is 1. The number of hydrogen-bond donors (Lipinski definition) is 2. The van der Waals surface area contributed by atoms with Crippen LogP contribution in [0.25, 0.3) is 0 Å².